The van der Waals surface area contributed by atoms with E-state index in [4.69, 9.17) is 1.37 Å². The summed E-state index contributed by atoms with van der Waals surface area (Å²) in [6, 6.07) is 0.398. The highest BCUT2D eigenvalue weighted by atomic mass is 16.2. The molecule has 1 unspecified atom stereocenters. The van der Waals surface area contributed by atoms with Crippen molar-refractivity contribution < 1.29 is 11.0 Å². The number of amides is 1. The predicted molar refractivity (Wildman–Crippen MR) is 58.6 cm³/mol. The lowest BCUT2D eigenvalue weighted by molar-refractivity contribution is -0.122. The van der Waals surface area contributed by atoms with Crippen LogP contribution in [0.2, 0.25) is 0 Å². The molecular formula is C11H20N2O2. The Hall–Kier alpha value is -0.900. The van der Waals surface area contributed by atoms with E-state index < -0.39 is 0 Å². The van der Waals surface area contributed by atoms with Crippen molar-refractivity contribution in [1.29, 1.82) is 0 Å². The number of hydrogen-bond acceptors (Lipinski definition) is 3. The monoisotopic (exact) mass is 217 g/mol. The molecule has 0 aromatic rings. The summed E-state index contributed by atoms with van der Waals surface area (Å²) in [7, 11) is 0. The molecule has 4 heteroatoms. The SMILES string of the molecule is [2H][13CH2]CC1CCCN1[13CH2]C(=O)[15NH]CC[13CH]=O. The van der Waals surface area contributed by atoms with Crippen molar-refractivity contribution in [2.45, 2.75) is 38.6 Å². The Balaban J connectivity index is 2.23. The Morgan fingerprint density at radius 2 is 2.60 bits per heavy atom. The van der Waals surface area contributed by atoms with Gasteiger partial charge < -0.3 is 10.1 Å². The lowest BCUT2D eigenvalue weighted by Gasteiger charge is -2.22. The summed E-state index contributed by atoms with van der Waals surface area (Å²) < 4.78 is 7.21. The lowest BCUT2D eigenvalue weighted by Crippen LogP contribution is -2.39. The number of nitrogens with zero attached hydrogens (tertiary/aromatic N) is 1. The van der Waals surface area contributed by atoms with Crippen LogP contribution in [0.5, 0.6) is 0 Å². The molecule has 4 nitrogen and oxygen atoms in total. The molecule has 1 aliphatic rings. The molecule has 1 heterocycles. The van der Waals surface area contributed by atoms with Gasteiger partial charge in [-0.3, -0.25) is 9.69 Å². The first-order valence-corrected chi connectivity index (χ1v) is 5.51. The van der Waals surface area contributed by atoms with Crippen LogP contribution >= 0.6 is 0 Å². The van der Waals surface area contributed by atoms with Crippen LogP contribution in [0.1, 0.15) is 34.0 Å². The highest BCUT2D eigenvalue weighted by molar-refractivity contribution is 5.78. The lowest BCUT2D eigenvalue weighted by atomic mass is 10.2. The first kappa shape index (κ1) is 10.6. The Kier molecular flexibility index (Phi) is 4.64. The molecule has 0 bridgehead atoms. The van der Waals surface area contributed by atoms with Gasteiger partial charge in [-0.15, -0.1) is 0 Å². The van der Waals surface area contributed by atoms with Crippen molar-refractivity contribution in [1.82, 2.24) is 10.2 Å². The predicted octanol–water partition coefficient (Wildman–Crippen LogP) is 0.566. The van der Waals surface area contributed by atoms with Crippen molar-refractivity contribution in [3.63, 3.8) is 0 Å². The fourth-order valence-electron chi connectivity index (χ4n) is 1.94. The summed E-state index contributed by atoms with van der Waals surface area (Å²) >= 11 is 0. The van der Waals surface area contributed by atoms with Crippen LogP contribution in [0.3, 0.4) is 0 Å². The zero-order chi connectivity index (χ0) is 11.8. The molecule has 0 radical (unpaired) electrons. The van der Waals surface area contributed by atoms with Gasteiger partial charge in [0.15, 0.2) is 0 Å². The minimum absolute atomic E-state index is 0.0151. The largest absolute Gasteiger partial charge is 0.355 e. The molecule has 1 fully saturated rings. The molecule has 0 aromatic carbocycles. The first-order valence-electron chi connectivity index (χ1n) is 6.22. The van der Waals surface area contributed by atoms with Gasteiger partial charge in [-0.1, -0.05) is 6.90 Å². The minimum Gasteiger partial charge on any atom is -0.355 e. The van der Waals surface area contributed by atoms with Crippen molar-refractivity contribution >= 4 is 12.2 Å². The van der Waals surface area contributed by atoms with Crippen molar-refractivity contribution in [3.8, 4) is 0 Å². The second-order valence-corrected chi connectivity index (χ2v) is 3.86. The molecule has 1 rings (SSSR count). The van der Waals surface area contributed by atoms with E-state index in [-0.39, 0.29) is 5.91 Å². The third-order valence-corrected chi connectivity index (χ3v) is 2.76. The van der Waals surface area contributed by atoms with Crippen LogP contribution in [0.15, 0.2) is 0 Å². The Morgan fingerprint density at radius 3 is 3.33 bits per heavy atom. The van der Waals surface area contributed by atoms with Gasteiger partial charge in [0, 0.05) is 20.4 Å². The standard InChI is InChI=1S/C11H20N2O2/c1-2-10-5-3-7-13(10)9-11(15)12-6-4-8-14/h8,10H,2-7,9H2,1H3,(H,12,15)/i1+1D,8+1,9+1,12+1. The number of hydrogen-bond donors (Lipinski definition) is 1. The second kappa shape index (κ2) is 6.56. The van der Waals surface area contributed by atoms with Crippen molar-refractivity contribution in [3.05, 3.63) is 0 Å². The van der Waals surface area contributed by atoms with Gasteiger partial charge >= 0.3 is 0 Å². The topological polar surface area (TPSA) is 49.4 Å². The fourth-order valence-corrected chi connectivity index (χ4v) is 1.94. The maximum atomic E-state index is 11.5. The number of nitrogens with one attached hydrogen (secondary N) is 1. The molecular weight excluding hydrogens is 196 g/mol. The van der Waals surface area contributed by atoms with Gasteiger partial charge in [-0.05, 0) is 25.8 Å². The van der Waals surface area contributed by atoms with Crippen molar-refractivity contribution in [2.24, 2.45) is 0 Å². The van der Waals surface area contributed by atoms with Crippen LogP contribution < -0.4 is 5.32 Å². The van der Waals surface area contributed by atoms with E-state index in [1.54, 1.807) is 0 Å². The van der Waals surface area contributed by atoms with Gasteiger partial charge in [-0.2, -0.15) is 0 Å². The molecule has 1 saturated heterocycles. The van der Waals surface area contributed by atoms with Gasteiger partial charge in [0.1, 0.15) is 6.29 Å². The van der Waals surface area contributed by atoms with Crippen LogP contribution in [0.4, 0.5) is 0 Å². The summed E-state index contributed by atoms with van der Waals surface area (Å²) in [5, 5.41) is 2.71. The molecule has 1 atom stereocenters. The quantitative estimate of drug-likeness (QED) is 0.306. The molecule has 0 spiro atoms. The maximum Gasteiger partial charge on any atom is 0.234 e. The molecule has 15 heavy (non-hydrogen) atoms. The molecule has 1 N–H and O–H groups in total. The highest BCUT2D eigenvalue weighted by Gasteiger charge is 2.24. The number of carbonyl (C=O) groups is 2. The highest BCUT2D eigenvalue weighted by Crippen LogP contribution is 2.18. The van der Waals surface area contributed by atoms with E-state index in [1.165, 1.54) is 0 Å². The van der Waals surface area contributed by atoms with E-state index in [0.717, 1.165) is 32.1 Å². The Bertz CT molecular complexity index is 236. The number of rotatable bonds is 6. The number of likely N-dealkylation sites (tertiary alicyclic amines) is 1. The molecule has 1 amide bonds. The van der Waals surface area contributed by atoms with Crippen LogP contribution in [-0.2, 0) is 9.59 Å². The van der Waals surface area contributed by atoms with Gasteiger partial charge in [0.25, 0.3) is 0 Å². The normalized spacial score (nSPS) is 22.4. The smallest absolute Gasteiger partial charge is 0.234 e. The van der Waals surface area contributed by atoms with Gasteiger partial charge in [0.05, 0.1) is 6.54 Å². The summed E-state index contributed by atoms with van der Waals surface area (Å²) in [5.74, 6) is -0.0151. The third kappa shape index (κ3) is 4.00. The average Bonchev–Trinajstić information content (AvgIpc) is 2.67. The van der Waals surface area contributed by atoms with Crippen LogP contribution in [-0.4, -0.2) is 42.8 Å². The summed E-state index contributed by atoms with van der Waals surface area (Å²) in [4.78, 5) is 23.7. The van der Waals surface area contributed by atoms with E-state index in [9.17, 15) is 9.59 Å². The van der Waals surface area contributed by atoms with E-state index in [1.807, 2.05) is 0 Å². The molecule has 0 aliphatic carbocycles. The fraction of sp³-hybridized carbons (Fsp3) is 0.818. The van der Waals surface area contributed by atoms with Crippen LogP contribution in [0.25, 0.3) is 0 Å². The van der Waals surface area contributed by atoms with E-state index in [0.29, 0.717) is 32.5 Å². The number of carbonyl (C=O) groups excluding carboxylic acids is 2. The second-order valence-electron chi connectivity index (χ2n) is 3.86. The minimum atomic E-state index is -0.0151. The van der Waals surface area contributed by atoms with E-state index >= 15 is 0 Å². The summed E-state index contributed by atoms with van der Waals surface area (Å²) in [6.45, 7) is 2.21. The van der Waals surface area contributed by atoms with Crippen LogP contribution in [0, 0.1) is 0 Å². The third-order valence-electron chi connectivity index (χ3n) is 2.76. The summed E-state index contributed by atoms with van der Waals surface area (Å²) in [6.07, 6.45) is 4.25. The molecule has 0 aromatic heterocycles. The zero-order valence-corrected chi connectivity index (χ0v) is 9.08. The Morgan fingerprint density at radius 1 is 1.73 bits per heavy atom. The number of aldehydes is 1. The van der Waals surface area contributed by atoms with Gasteiger partial charge in [-0.25, -0.2) is 0 Å². The first-order chi connectivity index (χ1) is 7.77. The van der Waals surface area contributed by atoms with E-state index in [2.05, 4.69) is 10.2 Å². The molecule has 0 saturated carbocycles. The molecule has 86 valence electrons. The zero-order valence-electron chi connectivity index (χ0n) is 10.1. The average molecular weight is 217 g/mol. The molecule has 1 aliphatic heterocycles. The Labute approximate surface area is 92.4 Å². The van der Waals surface area contributed by atoms with Crippen molar-refractivity contribution in [2.75, 3.05) is 19.6 Å². The summed E-state index contributed by atoms with van der Waals surface area (Å²) in [5.41, 5.74) is 0. The van der Waals surface area contributed by atoms with Gasteiger partial charge in [0.2, 0.25) is 5.91 Å². The maximum absolute atomic E-state index is 11.5.